The highest BCUT2D eigenvalue weighted by Gasteiger charge is 2.10. The number of carbonyl (C=O) groups is 1. The number of carbonyl (C=O) groups excluding carboxylic acids is 1. The molecule has 6 nitrogen and oxygen atoms in total. The van der Waals surface area contributed by atoms with E-state index < -0.39 is 0 Å². The van der Waals surface area contributed by atoms with Gasteiger partial charge in [0, 0.05) is 30.2 Å². The van der Waals surface area contributed by atoms with Gasteiger partial charge in [-0.2, -0.15) is 0 Å². The van der Waals surface area contributed by atoms with E-state index in [0.717, 1.165) is 23.8 Å². The fraction of sp³-hybridized carbons (Fsp3) is 0.364. The van der Waals surface area contributed by atoms with Crippen LogP contribution in [0.25, 0.3) is 0 Å². The number of nitrogens with one attached hydrogen (secondary N) is 2. The summed E-state index contributed by atoms with van der Waals surface area (Å²) in [5.74, 6) is -0.379. The number of aromatic amines is 1. The van der Waals surface area contributed by atoms with E-state index in [9.17, 15) is 4.79 Å². The summed E-state index contributed by atoms with van der Waals surface area (Å²) in [5, 5.41) is 5.56. The van der Waals surface area contributed by atoms with Crippen LogP contribution in [0.1, 0.15) is 23.1 Å². The number of hydrogen-bond acceptors (Lipinski definition) is 6. The molecular weight excluding hydrogens is 252 g/mol. The highest BCUT2D eigenvalue weighted by molar-refractivity contribution is 7.13. The van der Waals surface area contributed by atoms with Gasteiger partial charge in [0.2, 0.25) is 0 Å². The van der Waals surface area contributed by atoms with Crippen LogP contribution in [0.4, 0.5) is 5.13 Å². The fourth-order valence-electron chi connectivity index (χ4n) is 1.38. The van der Waals surface area contributed by atoms with Crippen LogP contribution in [0.5, 0.6) is 0 Å². The molecule has 2 N–H and O–H groups in total. The van der Waals surface area contributed by atoms with Crippen LogP contribution in [0, 0.1) is 0 Å². The maximum absolute atomic E-state index is 11.4. The first-order valence-electron chi connectivity index (χ1n) is 5.63. The van der Waals surface area contributed by atoms with Crippen LogP contribution in [-0.2, 0) is 11.2 Å². The minimum absolute atomic E-state index is 0.353. The largest absolute Gasteiger partial charge is 0.461 e. The molecule has 0 saturated heterocycles. The Bertz CT molecular complexity index is 495. The minimum atomic E-state index is -0.379. The average Bonchev–Trinajstić information content (AvgIpc) is 3.00. The minimum Gasteiger partial charge on any atom is -0.461 e. The third kappa shape index (κ3) is 3.30. The molecule has 0 aromatic carbocycles. The Morgan fingerprint density at radius 2 is 2.50 bits per heavy atom. The van der Waals surface area contributed by atoms with E-state index in [0.29, 0.717) is 12.3 Å². The molecule has 18 heavy (non-hydrogen) atoms. The third-order valence-electron chi connectivity index (χ3n) is 2.21. The summed E-state index contributed by atoms with van der Waals surface area (Å²) in [6, 6.07) is 0. The van der Waals surface area contributed by atoms with Crippen LogP contribution in [0.2, 0.25) is 0 Å². The predicted molar refractivity (Wildman–Crippen MR) is 68.9 cm³/mol. The summed E-state index contributed by atoms with van der Waals surface area (Å²) in [7, 11) is 0. The molecular formula is C11H14N4O2S. The Labute approximate surface area is 108 Å². The predicted octanol–water partition coefficient (Wildman–Crippen LogP) is 1.70. The van der Waals surface area contributed by atoms with E-state index in [1.54, 1.807) is 24.8 Å². The van der Waals surface area contributed by atoms with E-state index in [2.05, 4.69) is 20.3 Å². The standard InChI is InChI=1S/C11H14N4O2S/c1-2-17-10(16)9-6-18-11(15-9)13-4-3-8-5-12-7-14-8/h5-7H,2-4H2,1H3,(H,12,14)(H,13,15). The number of imidazole rings is 1. The second kappa shape index (κ2) is 6.15. The van der Waals surface area contributed by atoms with E-state index in [1.165, 1.54) is 11.3 Å². The average molecular weight is 266 g/mol. The first-order valence-corrected chi connectivity index (χ1v) is 6.51. The molecule has 0 aliphatic rings. The normalized spacial score (nSPS) is 10.3. The Balaban J connectivity index is 1.81. The van der Waals surface area contributed by atoms with E-state index in [-0.39, 0.29) is 5.97 Å². The van der Waals surface area contributed by atoms with Gasteiger partial charge in [-0.25, -0.2) is 14.8 Å². The van der Waals surface area contributed by atoms with Gasteiger partial charge >= 0.3 is 5.97 Å². The Morgan fingerprint density at radius 1 is 1.61 bits per heavy atom. The number of hydrogen-bond donors (Lipinski definition) is 2. The van der Waals surface area contributed by atoms with Gasteiger partial charge in [0.05, 0.1) is 12.9 Å². The van der Waals surface area contributed by atoms with Crippen molar-refractivity contribution in [3.63, 3.8) is 0 Å². The van der Waals surface area contributed by atoms with E-state index in [4.69, 9.17) is 4.74 Å². The number of nitrogens with zero attached hydrogens (tertiary/aromatic N) is 2. The SMILES string of the molecule is CCOC(=O)c1csc(NCCc2cnc[nH]2)n1. The first-order chi connectivity index (χ1) is 8.79. The number of ether oxygens (including phenoxy) is 1. The van der Waals surface area contributed by atoms with Crippen molar-refractivity contribution in [1.29, 1.82) is 0 Å². The van der Waals surface area contributed by atoms with Crippen molar-refractivity contribution in [1.82, 2.24) is 15.0 Å². The van der Waals surface area contributed by atoms with Crippen molar-refractivity contribution in [2.45, 2.75) is 13.3 Å². The molecule has 0 aliphatic carbocycles. The maximum atomic E-state index is 11.4. The van der Waals surface area contributed by atoms with Crippen molar-refractivity contribution < 1.29 is 9.53 Å². The van der Waals surface area contributed by atoms with Crippen molar-refractivity contribution in [3.05, 3.63) is 29.3 Å². The molecule has 0 spiro atoms. The monoisotopic (exact) mass is 266 g/mol. The quantitative estimate of drug-likeness (QED) is 0.778. The van der Waals surface area contributed by atoms with Crippen LogP contribution < -0.4 is 5.32 Å². The molecule has 0 fully saturated rings. The highest BCUT2D eigenvalue weighted by atomic mass is 32.1. The number of anilines is 1. The lowest BCUT2D eigenvalue weighted by molar-refractivity contribution is 0.0520. The van der Waals surface area contributed by atoms with E-state index >= 15 is 0 Å². The lowest BCUT2D eigenvalue weighted by Gasteiger charge is -2.00. The molecule has 2 aromatic rings. The van der Waals surface area contributed by atoms with E-state index in [1.807, 2.05) is 0 Å². The van der Waals surface area contributed by atoms with Gasteiger partial charge in [-0.1, -0.05) is 0 Å². The topological polar surface area (TPSA) is 79.9 Å². The molecule has 7 heteroatoms. The summed E-state index contributed by atoms with van der Waals surface area (Å²) in [6.45, 7) is 2.87. The number of aromatic nitrogens is 3. The molecule has 0 aliphatic heterocycles. The number of H-pyrrole nitrogens is 1. The van der Waals surface area contributed by atoms with Gasteiger partial charge in [-0.3, -0.25) is 0 Å². The molecule has 0 saturated carbocycles. The summed E-state index contributed by atoms with van der Waals surface area (Å²) in [6.07, 6.45) is 4.26. The Hall–Kier alpha value is -1.89. The van der Waals surface area contributed by atoms with Crippen molar-refractivity contribution in [2.24, 2.45) is 0 Å². The third-order valence-corrected chi connectivity index (χ3v) is 3.01. The molecule has 0 radical (unpaired) electrons. The van der Waals surface area contributed by atoms with Gasteiger partial charge in [0.15, 0.2) is 10.8 Å². The van der Waals surface area contributed by atoms with Crippen molar-refractivity contribution >= 4 is 22.4 Å². The highest BCUT2D eigenvalue weighted by Crippen LogP contribution is 2.15. The maximum Gasteiger partial charge on any atom is 0.357 e. The van der Waals surface area contributed by atoms with Crippen LogP contribution in [0.3, 0.4) is 0 Å². The van der Waals surface area contributed by atoms with Gasteiger partial charge in [-0.15, -0.1) is 11.3 Å². The molecule has 0 atom stereocenters. The zero-order valence-electron chi connectivity index (χ0n) is 9.97. The van der Waals surface area contributed by atoms with Gasteiger partial charge < -0.3 is 15.0 Å². The first kappa shape index (κ1) is 12.6. The summed E-state index contributed by atoms with van der Waals surface area (Å²) >= 11 is 1.39. The van der Waals surface area contributed by atoms with Gasteiger partial charge in [-0.05, 0) is 6.92 Å². The zero-order chi connectivity index (χ0) is 12.8. The second-order valence-electron chi connectivity index (χ2n) is 3.51. The van der Waals surface area contributed by atoms with Crippen molar-refractivity contribution in [2.75, 3.05) is 18.5 Å². The Morgan fingerprint density at radius 3 is 3.22 bits per heavy atom. The molecule has 0 amide bonds. The van der Waals surface area contributed by atoms with Crippen LogP contribution >= 0.6 is 11.3 Å². The molecule has 2 aromatic heterocycles. The summed E-state index contributed by atoms with van der Waals surface area (Å²) < 4.78 is 4.87. The van der Waals surface area contributed by atoms with Gasteiger partial charge in [0.25, 0.3) is 0 Å². The number of esters is 1. The molecule has 0 unspecified atom stereocenters. The zero-order valence-corrected chi connectivity index (χ0v) is 10.8. The molecule has 96 valence electrons. The van der Waals surface area contributed by atoms with Gasteiger partial charge in [0.1, 0.15) is 0 Å². The van der Waals surface area contributed by atoms with Crippen LogP contribution in [0.15, 0.2) is 17.9 Å². The number of thiazole rings is 1. The van der Waals surface area contributed by atoms with Crippen LogP contribution in [-0.4, -0.2) is 34.1 Å². The number of rotatable bonds is 6. The molecule has 0 bridgehead atoms. The Kier molecular flexibility index (Phi) is 4.30. The fourth-order valence-corrected chi connectivity index (χ4v) is 2.09. The molecule has 2 rings (SSSR count). The lowest BCUT2D eigenvalue weighted by atomic mass is 10.3. The second-order valence-corrected chi connectivity index (χ2v) is 4.37. The van der Waals surface area contributed by atoms with Crippen molar-refractivity contribution in [3.8, 4) is 0 Å². The summed E-state index contributed by atoms with van der Waals surface area (Å²) in [5.41, 5.74) is 1.41. The molecule has 2 heterocycles. The smallest absolute Gasteiger partial charge is 0.357 e. The lowest BCUT2D eigenvalue weighted by Crippen LogP contribution is -2.07. The summed E-state index contributed by atoms with van der Waals surface area (Å²) in [4.78, 5) is 22.5.